The molecule has 4 rings (SSSR count). The van der Waals surface area contributed by atoms with Gasteiger partial charge in [-0.15, -0.1) is 0 Å². The van der Waals surface area contributed by atoms with E-state index in [-0.39, 0.29) is 24.2 Å². The number of morpholine rings is 1. The third kappa shape index (κ3) is 4.91. The summed E-state index contributed by atoms with van der Waals surface area (Å²) >= 11 is 0. The lowest BCUT2D eigenvalue weighted by Gasteiger charge is -2.39. The van der Waals surface area contributed by atoms with Gasteiger partial charge in [0.05, 0.1) is 24.2 Å². The van der Waals surface area contributed by atoms with Crippen molar-refractivity contribution in [1.82, 2.24) is 9.80 Å². The number of anilines is 1. The molecular formula is C23H35N3O4S. The lowest BCUT2D eigenvalue weighted by Crippen LogP contribution is -2.48. The van der Waals surface area contributed by atoms with Crippen LogP contribution in [-0.4, -0.2) is 81.4 Å². The van der Waals surface area contributed by atoms with Crippen LogP contribution in [0.3, 0.4) is 0 Å². The van der Waals surface area contributed by atoms with Crippen LogP contribution >= 0.6 is 0 Å². The number of nitrogens with zero attached hydrogens (tertiary/aromatic N) is 3. The number of fused-ring (bicyclic) bond motifs is 1. The number of amides is 1. The van der Waals surface area contributed by atoms with E-state index in [1.54, 1.807) is 12.1 Å². The first kappa shape index (κ1) is 22.6. The summed E-state index contributed by atoms with van der Waals surface area (Å²) in [5, 5.41) is 0. The Hall–Kier alpha value is -1.64. The van der Waals surface area contributed by atoms with E-state index in [2.05, 4.69) is 18.7 Å². The molecule has 3 heterocycles. The zero-order valence-electron chi connectivity index (χ0n) is 19.1. The molecule has 0 aliphatic carbocycles. The standard InChI is InChI=1S/C23H35N3O4S/c1-16-11-21-12-20(5-6-22(21)26(16)31(4,28)29)23(27)25-9-7-19(8-10-25)15-24-13-17(2)30-18(3)14-24/h5-6,12,16-19H,7-11,13-15H2,1-4H3. The summed E-state index contributed by atoms with van der Waals surface area (Å²) in [6.07, 6.45) is 4.49. The van der Waals surface area contributed by atoms with Crippen LogP contribution in [0.5, 0.6) is 0 Å². The molecule has 2 saturated heterocycles. The lowest BCUT2D eigenvalue weighted by atomic mass is 9.95. The van der Waals surface area contributed by atoms with Gasteiger partial charge in [-0.1, -0.05) is 0 Å². The maximum Gasteiger partial charge on any atom is 0.253 e. The summed E-state index contributed by atoms with van der Waals surface area (Å²) in [7, 11) is -3.32. The molecule has 8 heteroatoms. The molecule has 1 aromatic rings. The van der Waals surface area contributed by atoms with Gasteiger partial charge in [0.25, 0.3) is 5.91 Å². The van der Waals surface area contributed by atoms with E-state index in [0.717, 1.165) is 51.1 Å². The minimum Gasteiger partial charge on any atom is -0.373 e. The quantitative estimate of drug-likeness (QED) is 0.706. The Balaban J connectivity index is 1.36. The van der Waals surface area contributed by atoms with E-state index in [4.69, 9.17) is 4.74 Å². The Morgan fingerprint density at radius 2 is 1.74 bits per heavy atom. The Morgan fingerprint density at radius 1 is 1.10 bits per heavy atom. The maximum atomic E-state index is 13.1. The van der Waals surface area contributed by atoms with Crippen LogP contribution in [0, 0.1) is 5.92 Å². The summed E-state index contributed by atoms with van der Waals surface area (Å²) in [6, 6.07) is 5.35. The number of benzene rings is 1. The SMILES string of the molecule is CC1CN(CC2CCN(C(=O)c3ccc4c(c3)CC(C)N4S(C)(=O)=O)CC2)CC(C)O1. The number of likely N-dealkylation sites (tertiary alicyclic amines) is 1. The number of ether oxygens (including phenoxy) is 1. The minimum absolute atomic E-state index is 0.0559. The summed E-state index contributed by atoms with van der Waals surface area (Å²) in [6.45, 7) is 10.8. The van der Waals surface area contributed by atoms with Gasteiger partial charge in [0.1, 0.15) is 0 Å². The van der Waals surface area contributed by atoms with Crippen LogP contribution in [0.2, 0.25) is 0 Å². The molecule has 0 saturated carbocycles. The Labute approximate surface area is 186 Å². The minimum atomic E-state index is -3.32. The van der Waals surface area contributed by atoms with Crippen molar-refractivity contribution >= 4 is 21.6 Å². The summed E-state index contributed by atoms with van der Waals surface area (Å²) in [4.78, 5) is 17.6. The summed E-state index contributed by atoms with van der Waals surface area (Å²) in [5.41, 5.74) is 2.31. The molecule has 172 valence electrons. The summed E-state index contributed by atoms with van der Waals surface area (Å²) in [5.74, 6) is 0.672. The zero-order chi connectivity index (χ0) is 22.3. The van der Waals surface area contributed by atoms with Crippen molar-refractivity contribution in [2.45, 2.75) is 58.3 Å². The molecule has 0 radical (unpaired) electrons. The molecule has 1 amide bonds. The van der Waals surface area contributed by atoms with Crippen LogP contribution in [0.25, 0.3) is 0 Å². The first-order valence-corrected chi connectivity index (χ1v) is 13.3. The highest BCUT2D eigenvalue weighted by Crippen LogP contribution is 2.35. The van der Waals surface area contributed by atoms with Gasteiger partial charge >= 0.3 is 0 Å². The molecule has 0 N–H and O–H groups in total. The topological polar surface area (TPSA) is 70.2 Å². The van der Waals surface area contributed by atoms with Crippen LogP contribution < -0.4 is 4.31 Å². The van der Waals surface area contributed by atoms with E-state index in [1.165, 1.54) is 10.6 Å². The van der Waals surface area contributed by atoms with E-state index >= 15 is 0 Å². The monoisotopic (exact) mass is 449 g/mol. The van der Waals surface area contributed by atoms with Gasteiger partial charge in [0.2, 0.25) is 10.0 Å². The van der Waals surface area contributed by atoms with Gasteiger partial charge in [0, 0.05) is 44.3 Å². The molecule has 3 unspecified atom stereocenters. The molecule has 0 spiro atoms. The number of sulfonamides is 1. The highest BCUT2D eigenvalue weighted by molar-refractivity contribution is 7.92. The highest BCUT2D eigenvalue weighted by atomic mass is 32.2. The molecule has 2 fully saturated rings. The Morgan fingerprint density at radius 3 is 2.35 bits per heavy atom. The number of hydrogen-bond acceptors (Lipinski definition) is 5. The van der Waals surface area contributed by atoms with Crippen molar-refractivity contribution in [2.24, 2.45) is 5.92 Å². The van der Waals surface area contributed by atoms with Gasteiger partial charge in [-0.3, -0.25) is 14.0 Å². The fourth-order valence-corrected chi connectivity index (χ4v) is 6.80. The third-order valence-electron chi connectivity index (χ3n) is 6.75. The van der Waals surface area contributed by atoms with Crippen molar-refractivity contribution in [3.05, 3.63) is 29.3 Å². The lowest BCUT2D eigenvalue weighted by molar-refractivity contribution is -0.0728. The smallest absolute Gasteiger partial charge is 0.253 e. The molecule has 31 heavy (non-hydrogen) atoms. The second-order valence-corrected chi connectivity index (χ2v) is 11.5. The first-order valence-electron chi connectivity index (χ1n) is 11.4. The van der Waals surface area contributed by atoms with E-state index in [0.29, 0.717) is 23.6 Å². The van der Waals surface area contributed by atoms with Gasteiger partial charge in [-0.05, 0) is 69.7 Å². The van der Waals surface area contributed by atoms with Crippen molar-refractivity contribution in [1.29, 1.82) is 0 Å². The number of piperidine rings is 1. The molecule has 7 nitrogen and oxygen atoms in total. The number of rotatable bonds is 4. The predicted octanol–water partition coefficient (Wildman–Crippen LogP) is 2.36. The van der Waals surface area contributed by atoms with Crippen molar-refractivity contribution in [2.75, 3.05) is 43.3 Å². The summed E-state index contributed by atoms with van der Waals surface area (Å²) < 4.78 is 31.5. The Kier molecular flexibility index (Phi) is 6.34. The van der Waals surface area contributed by atoms with Crippen molar-refractivity contribution in [3.63, 3.8) is 0 Å². The molecular weight excluding hydrogens is 414 g/mol. The molecule has 1 aromatic carbocycles. The Bertz CT molecular complexity index is 917. The number of carbonyl (C=O) groups excluding carboxylic acids is 1. The number of carbonyl (C=O) groups is 1. The van der Waals surface area contributed by atoms with Crippen LogP contribution in [0.4, 0.5) is 5.69 Å². The van der Waals surface area contributed by atoms with E-state index in [1.807, 2.05) is 17.9 Å². The first-order chi connectivity index (χ1) is 14.6. The average molecular weight is 450 g/mol. The predicted molar refractivity (Wildman–Crippen MR) is 122 cm³/mol. The van der Waals surface area contributed by atoms with Crippen LogP contribution in [-0.2, 0) is 21.2 Å². The second-order valence-electron chi connectivity index (χ2n) is 9.67. The zero-order valence-corrected chi connectivity index (χ0v) is 19.9. The fourth-order valence-electron chi connectivity index (χ4n) is 5.54. The maximum absolute atomic E-state index is 13.1. The van der Waals surface area contributed by atoms with Gasteiger partial charge in [0.15, 0.2) is 0 Å². The second kappa shape index (κ2) is 8.71. The van der Waals surface area contributed by atoms with E-state index < -0.39 is 10.0 Å². The van der Waals surface area contributed by atoms with Gasteiger partial charge < -0.3 is 9.64 Å². The van der Waals surface area contributed by atoms with Gasteiger partial charge in [-0.25, -0.2) is 8.42 Å². The fraction of sp³-hybridized carbons (Fsp3) is 0.696. The largest absolute Gasteiger partial charge is 0.373 e. The molecule has 3 aliphatic heterocycles. The van der Waals surface area contributed by atoms with Crippen molar-refractivity contribution < 1.29 is 17.9 Å². The third-order valence-corrected chi connectivity index (χ3v) is 8.02. The van der Waals surface area contributed by atoms with Crippen molar-refractivity contribution in [3.8, 4) is 0 Å². The molecule has 0 bridgehead atoms. The van der Waals surface area contributed by atoms with Crippen LogP contribution in [0.15, 0.2) is 18.2 Å². The van der Waals surface area contributed by atoms with Gasteiger partial charge in [-0.2, -0.15) is 0 Å². The normalized spacial score (nSPS) is 28.1. The van der Waals surface area contributed by atoms with Crippen LogP contribution in [0.1, 0.15) is 49.5 Å². The average Bonchev–Trinajstić information content (AvgIpc) is 3.02. The number of hydrogen-bond donors (Lipinski definition) is 0. The van der Waals surface area contributed by atoms with E-state index in [9.17, 15) is 13.2 Å². The highest BCUT2D eigenvalue weighted by Gasteiger charge is 2.34. The molecule has 3 atom stereocenters. The molecule has 3 aliphatic rings. The molecule has 0 aromatic heterocycles.